The second-order valence-electron chi connectivity index (χ2n) is 9.72. The number of hydrogen-bond donors (Lipinski definition) is 4. The first-order valence-corrected chi connectivity index (χ1v) is 11.3. The molecule has 32 heavy (non-hydrogen) atoms. The number of hydrogen-bond acceptors (Lipinski definition) is 6. The second-order valence-corrected chi connectivity index (χ2v) is 9.72. The molecule has 0 saturated carbocycles. The number of rotatable bonds is 8. The molecule has 0 spiro atoms. The van der Waals surface area contributed by atoms with Crippen molar-refractivity contribution in [3.63, 3.8) is 0 Å². The Morgan fingerprint density at radius 1 is 1.22 bits per heavy atom. The zero-order valence-corrected chi connectivity index (χ0v) is 19.2. The Kier molecular flexibility index (Phi) is 7.60. The van der Waals surface area contributed by atoms with Gasteiger partial charge in [-0.05, 0) is 58.2 Å². The summed E-state index contributed by atoms with van der Waals surface area (Å²) in [6.07, 6.45) is 0.273. The van der Waals surface area contributed by atoms with E-state index in [1.54, 1.807) is 0 Å². The Morgan fingerprint density at radius 3 is 2.53 bits per heavy atom. The smallest absolute Gasteiger partial charge is 0.303 e. The van der Waals surface area contributed by atoms with Crippen molar-refractivity contribution < 1.29 is 29.6 Å². The molecule has 1 aromatic carbocycles. The molecule has 8 nitrogen and oxygen atoms in total. The van der Waals surface area contributed by atoms with E-state index in [4.69, 9.17) is 9.84 Å². The standard InChI is InChI=1S/C24H36N2O6/c1-23-13-17(16-7-5-4-6-8-16)14-24(32-23,12-11-18(22(23)31)26(2)3)19(27)15-25-20(28)9-10-21(29)30/h4-8,17-19,22,27,31H,9-15H2,1-3H3,(H,25,28)(H,29,30)/t17-,18-,19+,22+,23+,24+/m1/s1. The summed E-state index contributed by atoms with van der Waals surface area (Å²) < 4.78 is 6.59. The zero-order chi connectivity index (χ0) is 23.5. The van der Waals surface area contributed by atoms with E-state index >= 15 is 0 Å². The van der Waals surface area contributed by atoms with Crippen LogP contribution in [-0.2, 0) is 14.3 Å². The van der Waals surface area contributed by atoms with Crippen molar-refractivity contribution in [2.75, 3.05) is 20.6 Å². The minimum Gasteiger partial charge on any atom is -0.481 e. The van der Waals surface area contributed by atoms with Gasteiger partial charge in [0.15, 0.2) is 0 Å². The number of aliphatic hydroxyl groups is 2. The number of fused-ring (bicyclic) bond motifs is 2. The SMILES string of the molecule is CN(C)[C@@H]1CC[C@@]2([C@@H](O)CNC(=O)CCC(=O)O)C[C@H](c3ccccc3)C[C@](C)(O2)[C@H]1O. The average molecular weight is 449 g/mol. The van der Waals surface area contributed by atoms with Gasteiger partial charge in [-0.15, -0.1) is 0 Å². The number of carbonyl (C=O) groups excluding carboxylic acids is 1. The number of likely N-dealkylation sites (N-methyl/N-ethyl adjacent to an activating group) is 1. The summed E-state index contributed by atoms with van der Waals surface area (Å²) in [6.45, 7) is 1.89. The molecule has 2 aliphatic heterocycles. The van der Waals surface area contributed by atoms with Gasteiger partial charge in [-0.3, -0.25) is 9.59 Å². The van der Waals surface area contributed by atoms with E-state index in [1.807, 2.05) is 44.1 Å². The maximum absolute atomic E-state index is 12.0. The van der Waals surface area contributed by atoms with Gasteiger partial charge in [0.1, 0.15) is 6.10 Å². The number of ether oxygens (including phenoxy) is 1. The number of aliphatic carboxylic acids is 1. The maximum atomic E-state index is 12.0. The molecule has 0 aliphatic carbocycles. The highest BCUT2D eigenvalue weighted by Gasteiger charge is 2.57. The number of amides is 1. The Morgan fingerprint density at radius 2 is 1.91 bits per heavy atom. The van der Waals surface area contributed by atoms with Crippen molar-refractivity contribution in [3.8, 4) is 0 Å². The van der Waals surface area contributed by atoms with Crippen LogP contribution in [0.2, 0.25) is 0 Å². The van der Waals surface area contributed by atoms with Crippen LogP contribution in [0.4, 0.5) is 0 Å². The van der Waals surface area contributed by atoms with E-state index in [-0.39, 0.29) is 31.3 Å². The predicted molar refractivity (Wildman–Crippen MR) is 119 cm³/mol. The molecule has 1 amide bonds. The summed E-state index contributed by atoms with van der Waals surface area (Å²) in [4.78, 5) is 24.8. The maximum Gasteiger partial charge on any atom is 0.303 e. The van der Waals surface area contributed by atoms with E-state index in [9.17, 15) is 19.8 Å². The molecule has 3 rings (SSSR count). The summed E-state index contributed by atoms with van der Waals surface area (Å²) in [5.41, 5.74) is -0.655. The topological polar surface area (TPSA) is 119 Å². The van der Waals surface area contributed by atoms with Crippen LogP contribution in [0.15, 0.2) is 30.3 Å². The number of carboxylic acid groups (broad SMARTS) is 1. The lowest BCUT2D eigenvalue weighted by molar-refractivity contribution is -0.250. The Labute approximate surface area is 189 Å². The fourth-order valence-electron chi connectivity index (χ4n) is 5.39. The monoisotopic (exact) mass is 448 g/mol. The van der Waals surface area contributed by atoms with Crippen molar-refractivity contribution >= 4 is 11.9 Å². The lowest BCUT2D eigenvalue weighted by atomic mass is 9.72. The van der Waals surface area contributed by atoms with Crippen LogP contribution in [0.25, 0.3) is 0 Å². The molecule has 2 aliphatic rings. The van der Waals surface area contributed by atoms with E-state index in [0.29, 0.717) is 25.7 Å². The minimum absolute atomic E-state index is 0.0290. The summed E-state index contributed by atoms with van der Waals surface area (Å²) in [5.74, 6) is -1.37. The van der Waals surface area contributed by atoms with E-state index in [0.717, 1.165) is 5.56 Å². The van der Waals surface area contributed by atoms with Crippen molar-refractivity contribution in [3.05, 3.63) is 35.9 Å². The lowest BCUT2D eigenvalue weighted by Crippen LogP contribution is -2.61. The molecule has 2 fully saturated rings. The molecule has 6 atom stereocenters. The molecule has 0 aromatic heterocycles. The van der Waals surface area contributed by atoms with Crippen molar-refractivity contribution in [1.29, 1.82) is 0 Å². The van der Waals surface area contributed by atoms with Crippen LogP contribution in [0.3, 0.4) is 0 Å². The number of nitrogens with one attached hydrogen (secondary N) is 1. The molecule has 4 N–H and O–H groups in total. The lowest BCUT2D eigenvalue weighted by Gasteiger charge is -2.52. The highest BCUT2D eigenvalue weighted by atomic mass is 16.6. The zero-order valence-electron chi connectivity index (χ0n) is 19.2. The number of aliphatic hydroxyl groups excluding tert-OH is 2. The minimum atomic E-state index is -1.04. The first-order valence-electron chi connectivity index (χ1n) is 11.3. The number of nitrogens with zero attached hydrogens (tertiary/aromatic N) is 1. The van der Waals surface area contributed by atoms with Gasteiger partial charge in [0.2, 0.25) is 5.91 Å². The quantitative estimate of drug-likeness (QED) is 0.476. The van der Waals surface area contributed by atoms with Crippen LogP contribution < -0.4 is 5.32 Å². The highest BCUT2D eigenvalue weighted by molar-refractivity contribution is 5.80. The first kappa shape index (κ1) is 24.6. The number of carboxylic acids is 1. The van der Waals surface area contributed by atoms with Crippen molar-refractivity contribution in [2.24, 2.45) is 0 Å². The Bertz CT molecular complexity index is 803. The Hall–Kier alpha value is -2.00. The fourth-order valence-corrected chi connectivity index (χ4v) is 5.39. The van der Waals surface area contributed by atoms with Crippen LogP contribution >= 0.6 is 0 Å². The normalized spacial score (nSPS) is 33.4. The van der Waals surface area contributed by atoms with Crippen LogP contribution in [-0.4, -0.2) is 82.2 Å². The molecule has 2 saturated heterocycles. The van der Waals surface area contributed by atoms with E-state index < -0.39 is 35.3 Å². The van der Waals surface area contributed by atoms with E-state index in [1.165, 1.54) is 0 Å². The summed E-state index contributed by atoms with van der Waals surface area (Å²) >= 11 is 0. The third-order valence-electron chi connectivity index (χ3n) is 7.13. The van der Waals surface area contributed by atoms with Gasteiger partial charge in [-0.25, -0.2) is 0 Å². The van der Waals surface area contributed by atoms with Gasteiger partial charge in [-0.2, -0.15) is 0 Å². The molecule has 2 bridgehead atoms. The molecular formula is C24H36N2O6. The number of benzene rings is 1. The van der Waals surface area contributed by atoms with Crippen LogP contribution in [0.5, 0.6) is 0 Å². The fraction of sp³-hybridized carbons (Fsp3) is 0.667. The molecule has 0 unspecified atom stereocenters. The van der Waals surface area contributed by atoms with Crippen LogP contribution in [0.1, 0.15) is 56.9 Å². The predicted octanol–water partition coefficient (Wildman–Crippen LogP) is 1.50. The van der Waals surface area contributed by atoms with Crippen molar-refractivity contribution in [2.45, 2.75) is 80.8 Å². The molecule has 2 heterocycles. The van der Waals surface area contributed by atoms with Gasteiger partial charge in [-0.1, -0.05) is 30.3 Å². The second kappa shape index (κ2) is 9.87. The van der Waals surface area contributed by atoms with Gasteiger partial charge < -0.3 is 30.3 Å². The summed E-state index contributed by atoms with van der Waals surface area (Å²) in [7, 11) is 3.87. The van der Waals surface area contributed by atoms with Gasteiger partial charge in [0.05, 0.1) is 23.7 Å². The van der Waals surface area contributed by atoms with Gasteiger partial charge >= 0.3 is 5.97 Å². The average Bonchev–Trinajstić information content (AvgIpc) is 2.83. The highest BCUT2D eigenvalue weighted by Crippen LogP contribution is 2.51. The molecule has 178 valence electrons. The van der Waals surface area contributed by atoms with Crippen LogP contribution in [0, 0.1) is 0 Å². The van der Waals surface area contributed by atoms with Gasteiger partial charge in [0.25, 0.3) is 0 Å². The Balaban J connectivity index is 1.86. The first-order chi connectivity index (χ1) is 15.1. The third kappa shape index (κ3) is 5.31. The summed E-state index contributed by atoms with van der Waals surface area (Å²) in [6, 6.07) is 9.95. The molecule has 1 aromatic rings. The largest absolute Gasteiger partial charge is 0.481 e. The van der Waals surface area contributed by atoms with E-state index in [2.05, 4.69) is 17.4 Å². The molecule has 8 heteroatoms. The summed E-state index contributed by atoms with van der Waals surface area (Å²) in [5, 5.41) is 34.0. The molecular weight excluding hydrogens is 412 g/mol. The third-order valence-corrected chi connectivity index (χ3v) is 7.13. The number of carbonyl (C=O) groups is 2. The van der Waals surface area contributed by atoms with Crippen molar-refractivity contribution in [1.82, 2.24) is 10.2 Å². The van der Waals surface area contributed by atoms with Gasteiger partial charge in [0, 0.05) is 19.0 Å². The molecule has 0 radical (unpaired) electrons.